The number of benzene rings is 1. The lowest BCUT2D eigenvalue weighted by atomic mass is 10.0. The molecule has 0 fully saturated rings. The van der Waals surface area contributed by atoms with Crippen molar-refractivity contribution in [1.82, 2.24) is 0 Å². The van der Waals surface area contributed by atoms with Crippen LogP contribution in [0.1, 0.15) is 39.5 Å². The van der Waals surface area contributed by atoms with Gasteiger partial charge in [-0.3, -0.25) is 0 Å². The Labute approximate surface area is 152 Å². The van der Waals surface area contributed by atoms with Crippen LogP contribution in [0.5, 0.6) is 5.75 Å². The molecule has 0 N–H and O–H groups in total. The van der Waals surface area contributed by atoms with Crippen molar-refractivity contribution in [3.8, 4) is 5.75 Å². The predicted molar refractivity (Wildman–Crippen MR) is 95.5 cm³/mol. The maximum absolute atomic E-state index is 11.7. The Hall–Kier alpha value is -1.52. The van der Waals surface area contributed by atoms with E-state index in [1.807, 2.05) is 0 Å². The summed E-state index contributed by atoms with van der Waals surface area (Å²) in [6, 6.07) is 4.52. The van der Waals surface area contributed by atoms with Gasteiger partial charge in [0, 0.05) is 23.2 Å². The van der Waals surface area contributed by atoms with E-state index in [4.69, 9.17) is 32.7 Å². The Bertz CT molecular complexity index is 584. The molecule has 0 spiro atoms. The molecule has 0 aliphatic heterocycles. The van der Waals surface area contributed by atoms with Crippen molar-refractivity contribution in [3.63, 3.8) is 0 Å². The Kier molecular flexibility index (Phi) is 9.50. The van der Waals surface area contributed by atoms with Gasteiger partial charge in [-0.05, 0) is 24.5 Å². The van der Waals surface area contributed by atoms with Crippen LogP contribution < -0.4 is 4.74 Å². The summed E-state index contributed by atoms with van der Waals surface area (Å²) in [7, 11) is 0. The van der Waals surface area contributed by atoms with Crippen molar-refractivity contribution in [2.45, 2.75) is 39.5 Å². The van der Waals surface area contributed by atoms with Gasteiger partial charge in [0.15, 0.2) is 5.75 Å². The van der Waals surface area contributed by atoms with Gasteiger partial charge in [0.2, 0.25) is 0 Å². The number of hydrogen-bond acceptors (Lipinski definition) is 4. The van der Waals surface area contributed by atoms with Gasteiger partial charge < -0.3 is 9.47 Å². The highest BCUT2D eigenvalue weighted by Crippen LogP contribution is 2.27. The second kappa shape index (κ2) is 11.1. The third-order valence-electron chi connectivity index (χ3n) is 3.46. The maximum Gasteiger partial charge on any atom is 0.336 e. The van der Waals surface area contributed by atoms with Crippen LogP contribution in [-0.4, -0.2) is 18.5 Å². The molecule has 1 aromatic rings. The summed E-state index contributed by atoms with van der Waals surface area (Å²) in [6.07, 6.45) is 6.26. The Morgan fingerprint density at radius 3 is 2.54 bits per heavy atom. The highest BCUT2D eigenvalue weighted by Gasteiger charge is 2.10. The van der Waals surface area contributed by atoms with Crippen LogP contribution in [0.15, 0.2) is 30.4 Å². The molecule has 0 amide bonds. The summed E-state index contributed by atoms with van der Waals surface area (Å²) >= 11 is 11.7. The number of halogens is 2. The van der Waals surface area contributed by atoms with Crippen molar-refractivity contribution in [3.05, 3.63) is 40.4 Å². The van der Waals surface area contributed by atoms with E-state index < -0.39 is 11.9 Å². The number of unbranched alkanes of at least 4 members (excludes halogenated alkanes) is 1. The largest absolute Gasteiger partial charge is 0.462 e. The van der Waals surface area contributed by atoms with Crippen LogP contribution in [0.3, 0.4) is 0 Å². The third kappa shape index (κ3) is 7.84. The van der Waals surface area contributed by atoms with Crippen LogP contribution in [0.4, 0.5) is 0 Å². The van der Waals surface area contributed by atoms with Crippen LogP contribution >= 0.6 is 23.2 Å². The lowest BCUT2D eigenvalue weighted by Crippen LogP contribution is -2.13. The molecule has 0 aromatic heterocycles. The molecule has 1 atom stereocenters. The fraction of sp³-hybridized carbons (Fsp3) is 0.444. The Morgan fingerprint density at radius 1 is 1.17 bits per heavy atom. The molecule has 1 unspecified atom stereocenters. The second-order valence-electron chi connectivity index (χ2n) is 5.38. The SMILES string of the molecule is CCCCC(CC)COC(=O)/C=C/C(=O)Oc1cc(Cl)ccc1Cl. The van der Waals surface area contributed by atoms with Crippen molar-refractivity contribution < 1.29 is 19.1 Å². The summed E-state index contributed by atoms with van der Waals surface area (Å²) in [6.45, 7) is 4.55. The van der Waals surface area contributed by atoms with E-state index in [-0.39, 0.29) is 10.8 Å². The predicted octanol–water partition coefficient (Wildman–Crippen LogP) is 5.21. The zero-order valence-electron chi connectivity index (χ0n) is 13.9. The molecule has 1 rings (SSSR count). The minimum absolute atomic E-state index is 0.137. The van der Waals surface area contributed by atoms with Gasteiger partial charge in [-0.25, -0.2) is 9.59 Å². The fourth-order valence-corrected chi connectivity index (χ4v) is 2.30. The minimum atomic E-state index is -0.728. The van der Waals surface area contributed by atoms with Gasteiger partial charge >= 0.3 is 11.9 Å². The van der Waals surface area contributed by atoms with Gasteiger partial charge in [0.05, 0.1) is 11.6 Å². The average molecular weight is 373 g/mol. The van der Waals surface area contributed by atoms with Crippen molar-refractivity contribution in [2.75, 3.05) is 6.61 Å². The summed E-state index contributed by atoms with van der Waals surface area (Å²) in [4.78, 5) is 23.3. The molecule has 0 heterocycles. The average Bonchev–Trinajstić information content (AvgIpc) is 2.56. The lowest BCUT2D eigenvalue weighted by Gasteiger charge is -2.13. The molecule has 4 nitrogen and oxygen atoms in total. The molecule has 0 radical (unpaired) electrons. The van der Waals surface area contributed by atoms with Crippen molar-refractivity contribution in [2.24, 2.45) is 5.92 Å². The highest BCUT2D eigenvalue weighted by atomic mass is 35.5. The number of rotatable bonds is 9. The lowest BCUT2D eigenvalue weighted by molar-refractivity contribution is -0.139. The van der Waals surface area contributed by atoms with E-state index in [1.165, 1.54) is 12.1 Å². The molecule has 1 aromatic carbocycles. The monoisotopic (exact) mass is 372 g/mol. The molecule has 6 heteroatoms. The third-order valence-corrected chi connectivity index (χ3v) is 4.01. The number of carbonyl (C=O) groups is 2. The van der Waals surface area contributed by atoms with Crippen molar-refractivity contribution >= 4 is 35.1 Å². The topological polar surface area (TPSA) is 52.6 Å². The maximum atomic E-state index is 11.7. The molecular weight excluding hydrogens is 351 g/mol. The number of esters is 2. The standard InChI is InChI=1S/C18H22Cl2O4/c1-3-5-6-13(4-2)12-23-17(21)9-10-18(22)24-16-11-14(19)7-8-15(16)20/h7-11,13H,3-6,12H2,1-2H3/b10-9+. The molecule has 0 bridgehead atoms. The number of ether oxygens (including phenoxy) is 2. The molecule has 24 heavy (non-hydrogen) atoms. The fourth-order valence-electron chi connectivity index (χ4n) is 1.98. The normalized spacial score (nSPS) is 12.2. The second-order valence-corrected chi connectivity index (χ2v) is 6.22. The minimum Gasteiger partial charge on any atom is -0.462 e. The van der Waals surface area contributed by atoms with E-state index >= 15 is 0 Å². The van der Waals surface area contributed by atoms with Gasteiger partial charge in [0.1, 0.15) is 0 Å². The molecular formula is C18H22Cl2O4. The van der Waals surface area contributed by atoms with Gasteiger partial charge in [-0.2, -0.15) is 0 Å². The van der Waals surface area contributed by atoms with Crippen LogP contribution in [0.2, 0.25) is 10.0 Å². The van der Waals surface area contributed by atoms with Crippen LogP contribution in [0, 0.1) is 5.92 Å². The Balaban J connectivity index is 2.45. The summed E-state index contributed by atoms with van der Waals surface area (Å²) in [5, 5.41) is 0.647. The van der Waals surface area contributed by atoms with Crippen LogP contribution in [0.25, 0.3) is 0 Å². The van der Waals surface area contributed by atoms with E-state index in [1.54, 1.807) is 6.07 Å². The van der Waals surface area contributed by atoms with Crippen LogP contribution in [-0.2, 0) is 14.3 Å². The smallest absolute Gasteiger partial charge is 0.336 e. The first-order chi connectivity index (χ1) is 11.5. The summed E-state index contributed by atoms with van der Waals surface area (Å²) < 4.78 is 10.2. The first kappa shape index (κ1) is 20.5. The highest BCUT2D eigenvalue weighted by molar-refractivity contribution is 6.34. The van der Waals surface area contributed by atoms with Gasteiger partial charge in [-0.15, -0.1) is 0 Å². The zero-order valence-corrected chi connectivity index (χ0v) is 15.4. The van der Waals surface area contributed by atoms with E-state index in [0.29, 0.717) is 17.5 Å². The van der Waals surface area contributed by atoms with E-state index in [0.717, 1.165) is 37.8 Å². The zero-order chi connectivity index (χ0) is 17.9. The molecule has 0 saturated heterocycles. The number of carbonyl (C=O) groups excluding carboxylic acids is 2. The molecule has 132 valence electrons. The Morgan fingerprint density at radius 2 is 1.88 bits per heavy atom. The quantitative estimate of drug-likeness (QED) is 0.339. The van der Waals surface area contributed by atoms with Gasteiger partial charge in [0.25, 0.3) is 0 Å². The first-order valence-electron chi connectivity index (χ1n) is 7.97. The molecule has 0 saturated carbocycles. The first-order valence-corrected chi connectivity index (χ1v) is 8.73. The molecule has 0 aliphatic rings. The van der Waals surface area contributed by atoms with E-state index in [2.05, 4.69) is 13.8 Å². The number of hydrogen-bond donors (Lipinski definition) is 0. The van der Waals surface area contributed by atoms with Crippen molar-refractivity contribution in [1.29, 1.82) is 0 Å². The summed E-state index contributed by atoms with van der Waals surface area (Å²) in [5.41, 5.74) is 0. The molecule has 0 aliphatic carbocycles. The summed E-state index contributed by atoms with van der Waals surface area (Å²) in [5.74, 6) is -0.814. The van der Waals surface area contributed by atoms with E-state index in [9.17, 15) is 9.59 Å². The van der Waals surface area contributed by atoms with Gasteiger partial charge in [-0.1, -0.05) is 56.3 Å².